The van der Waals surface area contributed by atoms with Crippen LogP contribution in [-0.4, -0.2) is 32.3 Å². The van der Waals surface area contributed by atoms with Crippen molar-refractivity contribution < 1.29 is 0 Å². The van der Waals surface area contributed by atoms with E-state index in [0.29, 0.717) is 6.04 Å². The van der Waals surface area contributed by atoms with E-state index in [2.05, 4.69) is 28.6 Å². The third kappa shape index (κ3) is 2.77. The van der Waals surface area contributed by atoms with E-state index in [9.17, 15) is 0 Å². The summed E-state index contributed by atoms with van der Waals surface area (Å²) >= 11 is 1.99. The second-order valence-corrected chi connectivity index (χ2v) is 5.38. The highest BCUT2D eigenvalue weighted by molar-refractivity contribution is 7.99. The van der Waals surface area contributed by atoms with Crippen LogP contribution in [0.25, 0.3) is 0 Å². The Morgan fingerprint density at radius 1 is 1.56 bits per heavy atom. The van der Waals surface area contributed by atoms with Gasteiger partial charge in [-0.05, 0) is 32.4 Å². The van der Waals surface area contributed by atoms with Gasteiger partial charge in [0.25, 0.3) is 0 Å². The first-order valence-corrected chi connectivity index (χ1v) is 7.25. The molecule has 1 fully saturated rings. The average molecular weight is 240 g/mol. The predicted octanol–water partition coefficient (Wildman–Crippen LogP) is 1.67. The summed E-state index contributed by atoms with van der Waals surface area (Å²) in [6.07, 6.45) is 7.78. The van der Waals surface area contributed by atoms with Crippen LogP contribution in [-0.2, 0) is 13.1 Å². The van der Waals surface area contributed by atoms with Gasteiger partial charge in [0.05, 0.1) is 6.54 Å². The second-order valence-electron chi connectivity index (χ2n) is 4.24. The number of hydrogen-bond donors (Lipinski definition) is 1. The standard InChI is InChI=1S/C11H20N4S/c1-3-15-11(13-8-14-15)7-12-9-4-5-10(6-9)16-2/h8-10,12H,3-7H2,1-2H3. The first-order valence-electron chi connectivity index (χ1n) is 5.96. The lowest BCUT2D eigenvalue weighted by molar-refractivity contribution is 0.493. The molecule has 90 valence electrons. The summed E-state index contributed by atoms with van der Waals surface area (Å²) in [7, 11) is 0. The topological polar surface area (TPSA) is 42.7 Å². The van der Waals surface area contributed by atoms with E-state index in [-0.39, 0.29) is 0 Å². The van der Waals surface area contributed by atoms with Crippen LogP contribution in [0.15, 0.2) is 6.33 Å². The lowest BCUT2D eigenvalue weighted by Gasteiger charge is -2.12. The molecule has 0 spiro atoms. The monoisotopic (exact) mass is 240 g/mol. The third-order valence-corrected chi connectivity index (χ3v) is 4.36. The third-order valence-electron chi connectivity index (χ3n) is 3.26. The molecule has 1 saturated carbocycles. The maximum Gasteiger partial charge on any atom is 0.140 e. The summed E-state index contributed by atoms with van der Waals surface area (Å²) < 4.78 is 1.95. The molecule has 0 aromatic carbocycles. The van der Waals surface area contributed by atoms with Crippen molar-refractivity contribution in [2.24, 2.45) is 0 Å². The highest BCUT2D eigenvalue weighted by atomic mass is 32.2. The summed E-state index contributed by atoms with van der Waals surface area (Å²) in [6.45, 7) is 3.84. The Morgan fingerprint density at radius 2 is 2.44 bits per heavy atom. The summed E-state index contributed by atoms with van der Waals surface area (Å²) in [6, 6.07) is 0.666. The summed E-state index contributed by atoms with van der Waals surface area (Å²) in [5, 5.41) is 8.61. The van der Waals surface area contributed by atoms with Crippen molar-refractivity contribution in [1.29, 1.82) is 0 Å². The fourth-order valence-corrected chi connectivity index (χ4v) is 3.06. The van der Waals surface area contributed by atoms with Crippen molar-refractivity contribution in [3.05, 3.63) is 12.2 Å². The van der Waals surface area contributed by atoms with Crippen LogP contribution >= 0.6 is 11.8 Å². The van der Waals surface area contributed by atoms with Gasteiger partial charge in [0, 0.05) is 17.8 Å². The number of rotatable bonds is 5. The van der Waals surface area contributed by atoms with Crippen LogP contribution in [0.1, 0.15) is 32.0 Å². The SMILES string of the molecule is CCn1ncnc1CNC1CCC(SC)C1. The Labute approximate surface area is 101 Å². The molecular formula is C11H20N4S. The average Bonchev–Trinajstić information content (AvgIpc) is 2.94. The first kappa shape index (κ1) is 11.9. The van der Waals surface area contributed by atoms with Gasteiger partial charge >= 0.3 is 0 Å². The Morgan fingerprint density at radius 3 is 3.12 bits per heavy atom. The van der Waals surface area contributed by atoms with Crippen LogP contribution < -0.4 is 5.32 Å². The van der Waals surface area contributed by atoms with Gasteiger partial charge in [-0.25, -0.2) is 9.67 Å². The van der Waals surface area contributed by atoms with Crippen molar-refractivity contribution in [2.45, 2.75) is 50.6 Å². The molecule has 5 heteroatoms. The molecule has 1 aliphatic rings. The van der Waals surface area contributed by atoms with E-state index < -0.39 is 0 Å². The number of thioether (sulfide) groups is 1. The van der Waals surface area contributed by atoms with E-state index in [1.165, 1.54) is 19.3 Å². The van der Waals surface area contributed by atoms with Crippen LogP contribution in [0, 0.1) is 0 Å². The second kappa shape index (κ2) is 5.68. The quantitative estimate of drug-likeness (QED) is 0.850. The smallest absolute Gasteiger partial charge is 0.140 e. The van der Waals surface area contributed by atoms with Gasteiger partial charge in [0.1, 0.15) is 12.2 Å². The van der Waals surface area contributed by atoms with Gasteiger partial charge in [0.2, 0.25) is 0 Å². The Balaban J connectivity index is 1.80. The highest BCUT2D eigenvalue weighted by Crippen LogP contribution is 2.28. The van der Waals surface area contributed by atoms with Crippen molar-refractivity contribution >= 4 is 11.8 Å². The molecule has 2 atom stereocenters. The molecule has 0 bridgehead atoms. The molecule has 1 N–H and O–H groups in total. The molecule has 0 amide bonds. The minimum atomic E-state index is 0.666. The maximum absolute atomic E-state index is 4.27. The minimum absolute atomic E-state index is 0.666. The van der Waals surface area contributed by atoms with Gasteiger partial charge in [-0.1, -0.05) is 0 Å². The highest BCUT2D eigenvalue weighted by Gasteiger charge is 2.23. The molecule has 0 aliphatic heterocycles. The molecule has 4 nitrogen and oxygen atoms in total. The Kier molecular flexibility index (Phi) is 4.23. The zero-order chi connectivity index (χ0) is 11.4. The van der Waals surface area contributed by atoms with Crippen LogP contribution in [0.2, 0.25) is 0 Å². The molecule has 1 heterocycles. The summed E-state index contributed by atoms with van der Waals surface area (Å²) in [5.74, 6) is 1.05. The molecule has 1 aromatic heterocycles. The number of nitrogens with one attached hydrogen (secondary N) is 1. The minimum Gasteiger partial charge on any atom is -0.307 e. The Bertz CT molecular complexity index is 326. The van der Waals surface area contributed by atoms with Crippen molar-refractivity contribution in [1.82, 2.24) is 20.1 Å². The maximum atomic E-state index is 4.27. The van der Waals surface area contributed by atoms with Gasteiger partial charge < -0.3 is 5.32 Å². The van der Waals surface area contributed by atoms with E-state index in [1.807, 2.05) is 16.4 Å². The fraction of sp³-hybridized carbons (Fsp3) is 0.818. The summed E-state index contributed by atoms with van der Waals surface area (Å²) in [5.41, 5.74) is 0. The number of hydrogen-bond acceptors (Lipinski definition) is 4. The van der Waals surface area contributed by atoms with Crippen molar-refractivity contribution in [2.75, 3.05) is 6.26 Å². The summed E-state index contributed by atoms with van der Waals surface area (Å²) in [4.78, 5) is 4.27. The van der Waals surface area contributed by atoms with Gasteiger partial charge in [-0.3, -0.25) is 0 Å². The molecule has 1 aliphatic carbocycles. The Hall–Kier alpha value is -0.550. The molecule has 0 saturated heterocycles. The molecule has 2 rings (SSSR count). The molecule has 2 unspecified atom stereocenters. The largest absolute Gasteiger partial charge is 0.307 e. The number of nitrogens with zero attached hydrogens (tertiary/aromatic N) is 3. The van der Waals surface area contributed by atoms with E-state index >= 15 is 0 Å². The zero-order valence-corrected chi connectivity index (χ0v) is 10.8. The lowest BCUT2D eigenvalue weighted by atomic mass is 10.2. The number of aromatic nitrogens is 3. The van der Waals surface area contributed by atoms with Crippen LogP contribution in [0.3, 0.4) is 0 Å². The fourth-order valence-electron chi connectivity index (χ4n) is 2.26. The number of aryl methyl sites for hydroxylation is 1. The van der Waals surface area contributed by atoms with E-state index in [4.69, 9.17) is 0 Å². The molecule has 0 radical (unpaired) electrons. The molecule has 16 heavy (non-hydrogen) atoms. The normalized spacial score (nSPS) is 25.1. The van der Waals surface area contributed by atoms with E-state index in [1.54, 1.807) is 6.33 Å². The zero-order valence-electron chi connectivity index (χ0n) is 10.0. The van der Waals surface area contributed by atoms with Gasteiger partial charge in [-0.2, -0.15) is 16.9 Å². The molecule has 1 aromatic rings. The first-order chi connectivity index (χ1) is 7.83. The van der Waals surface area contributed by atoms with Crippen molar-refractivity contribution in [3.63, 3.8) is 0 Å². The van der Waals surface area contributed by atoms with Crippen LogP contribution in [0.4, 0.5) is 0 Å². The predicted molar refractivity (Wildman–Crippen MR) is 67.5 cm³/mol. The van der Waals surface area contributed by atoms with Gasteiger partial charge in [-0.15, -0.1) is 0 Å². The van der Waals surface area contributed by atoms with E-state index in [0.717, 1.165) is 24.2 Å². The van der Waals surface area contributed by atoms with Gasteiger partial charge in [0.15, 0.2) is 0 Å². The lowest BCUT2D eigenvalue weighted by Crippen LogP contribution is -2.27. The molecular weight excluding hydrogens is 220 g/mol. The van der Waals surface area contributed by atoms with Crippen molar-refractivity contribution in [3.8, 4) is 0 Å². The van der Waals surface area contributed by atoms with Crippen LogP contribution in [0.5, 0.6) is 0 Å².